The van der Waals surface area contributed by atoms with Crippen molar-refractivity contribution in [2.45, 2.75) is 52.1 Å². The molecular weight excluding hydrogens is 252 g/mol. The fraction of sp³-hybridized carbons (Fsp3) is 0.647. The van der Waals surface area contributed by atoms with E-state index in [0.717, 1.165) is 30.8 Å². The molecule has 0 heterocycles. The molecule has 0 spiro atoms. The van der Waals surface area contributed by atoms with Gasteiger partial charge in [-0.15, -0.1) is 0 Å². The highest BCUT2D eigenvalue weighted by molar-refractivity contribution is 5.44. The third kappa shape index (κ3) is 3.26. The molecule has 1 N–H and O–H groups in total. The van der Waals surface area contributed by atoms with Crippen molar-refractivity contribution in [1.82, 2.24) is 0 Å². The van der Waals surface area contributed by atoms with Crippen molar-refractivity contribution < 1.29 is 14.6 Å². The van der Waals surface area contributed by atoms with Gasteiger partial charge in [0, 0.05) is 0 Å². The molecule has 3 nitrogen and oxygen atoms in total. The van der Waals surface area contributed by atoms with Crippen molar-refractivity contribution in [2.75, 3.05) is 13.2 Å². The lowest BCUT2D eigenvalue weighted by atomic mass is 9.69. The minimum absolute atomic E-state index is 0.156. The van der Waals surface area contributed by atoms with E-state index in [-0.39, 0.29) is 6.10 Å². The fourth-order valence-corrected chi connectivity index (χ4v) is 2.61. The molecule has 2 rings (SSSR count). The van der Waals surface area contributed by atoms with Crippen LogP contribution in [-0.2, 0) is 0 Å². The molecule has 0 radical (unpaired) electrons. The van der Waals surface area contributed by atoms with Crippen LogP contribution in [0.1, 0.15) is 51.5 Å². The Morgan fingerprint density at radius 2 is 1.75 bits per heavy atom. The molecule has 1 fully saturated rings. The lowest BCUT2D eigenvalue weighted by molar-refractivity contribution is 0.0116. The Bertz CT molecular complexity index is 430. The lowest BCUT2D eigenvalue weighted by Gasteiger charge is -2.40. The summed E-state index contributed by atoms with van der Waals surface area (Å²) in [6.07, 6.45) is 2.66. The van der Waals surface area contributed by atoms with Crippen molar-refractivity contribution in [1.29, 1.82) is 0 Å². The van der Waals surface area contributed by atoms with Gasteiger partial charge in [0.05, 0.1) is 19.3 Å². The van der Waals surface area contributed by atoms with Crippen molar-refractivity contribution in [2.24, 2.45) is 5.92 Å². The molecule has 20 heavy (non-hydrogen) atoms. The quantitative estimate of drug-likeness (QED) is 0.825. The zero-order valence-corrected chi connectivity index (χ0v) is 12.8. The van der Waals surface area contributed by atoms with E-state index in [4.69, 9.17) is 9.47 Å². The standard InChI is InChI=1S/C17H26O3/c1-4-8-19-16-7-6-13(10-17(16)20-9-5-2)14-11-15(18)12(14)3/h6-7,10,12,14-15,18H,4-5,8-9,11H2,1-3H3. The first-order valence-electron chi connectivity index (χ1n) is 7.75. The largest absolute Gasteiger partial charge is 0.490 e. The number of hydrogen-bond donors (Lipinski definition) is 1. The predicted molar refractivity (Wildman–Crippen MR) is 80.5 cm³/mol. The second-order valence-corrected chi connectivity index (χ2v) is 5.67. The molecule has 0 amide bonds. The molecular formula is C17H26O3. The smallest absolute Gasteiger partial charge is 0.161 e. The molecule has 1 saturated carbocycles. The zero-order chi connectivity index (χ0) is 14.5. The maximum atomic E-state index is 9.67. The van der Waals surface area contributed by atoms with Crippen LogP contribution in [0.4, 0.5) is 0 Å². The van der Waals surface area contributed by atoms with E-state index in [1.807, 2.05) is 6.07 Å². The van der Waals surface area contributed by atoms with Gasteiger partial charge in [-0.3, -0.25) is 0 Å². The third-order valence-corrected chi connectivity index (χ3v) is 4.06. The van der Waals surface area contributed by atoms with E-state index in [0.29, 0.717) is 25.0 Å². The molecule has 3 heteroatoms. The van der Waals surface area contributed by atoms with Gasteiger partial charge in [0.25, 0.3) is 0 Å². The van der Waals surface area contributed by atoms with Gasteiger partial charge in [0.2, 0.25) is 0 Å². The Balaban J connectivity index is 2.14. The summed E-state index contributed by atoms with van der Waals surface area (Å²) in [6, 6.07) is 6.21. The van der Waals surface area contributed by atoms with Crippen molar-refractivity contribution in [3.8, 4) is 11.5 Å². The van der Waals surface area contributed by atoms with Crippen LogP contribution >= 0.6 is 0 Å². The van der Waals surface area contributed by atoms with Crippen LogP contribution in [0.2, 0.25) is 0 Å². The summed E-state index contributed by atoms with van der Waals surface area (Å²) in [4.78, 5) is 0. The summed E-state index contributed by atoms with van der Waals surface area (Å²) < 4.78 is 11.6. The van der Waals surface area contributed by atoms with Crippen LogP contribution in [0.5, 0.6) is 11.5 Å². The van der Waals surface area contributed by atoms with Crippen LogP contribution in [0.3, 0.4) is 0 Å². The molecule has 1 aromatic rings. The number of aliphatic hydroxyl groups is 1. The minimum Gasteiger partial charge on any atom is -0.490 e. The molecule has 1 aliphatic rings. The van der Waals surface area contributed by atoms with Crippen LogP contribution in [0, 0.1) is 5.92 Å². The molecule has 112 valence electrons. The predicted octanol–water partition coefficient (Wildman–Crippen LogP) is 3.75. The number of hydrogen-bond acceptors (Lipinski definition) is 3. The Morgan fingerprint density at radius 3 is 2.30 bits per heavy atom. The zero-order valence-electron chi connectivity index (χ0n) is 12.8. The van der Waals surface area contributed by atoms with Crippen molar-refractivity contribution in [3.05, 3.63) is 23.8 Å². The van der Waals surface area contributed by atoms with E-state index in [9.17, 15) is 5.11 Å². The van der Waals surface area contributed by atoms with Crippen molar-refractivity contribution in [3.63, 3.8) is 0 Å². The van der Waals surface area contributed by atoms with Gasteiger partial charge in [0.15, 0.2) is 11.5 Å². The Kier molecular flexibility index (Phi) is 5.30. The molecule has 0 aliphatic heterocycles. The molecule has 3 unspecified atom stereocenters. The van der Waals surface area contributed by atoms with E-state index in [1.54, 1.807) is 0 Å². The van der Waals surface area contributed by atoms with E-state index >= 15 is 0 Å². The summed E-state index contributed by atoms with van der Waals surface area (Å²) in [7, 11) is 0. The Hall–Kier alpha value is -1.22. The van der Waals surface area contributed by atoms with Crippen LogP contribution < -0.4 is 9.47 Å². The van der Waals surface area contributed by atoms with E-state index < -0.39 is 0 Å². The van der Waals surface area contributed by atoms with Gasteiger partial charge in [-0.2, -0.15) is 0 Å². The normalized spacial score (nSPS) is 25.1. The highest BCUT2D eigenvalue weighted by Gasteiger charge is 2.37. The van der Waals surface area contributed by atoms with Gasteiger partial charge in [0.1, 0.15) is 0 Å². The highest BCUT2D eigenvalue weighted by atomic mass is 16.5. The summed E-state index contributed by atoms with van der Waals surface area (Å²) in [5, 5.41) is 9.67. The topological polar surface area (TPSA) is 38.7 Å². The first-order valence-corrected chi connectivity index (χ1v) is 7.75. The van der Waals surface area contributed by atoms with Gasteiger partial charge < -0.3 is 14.6 Å². The number of ether oxygens (including phenoxy) is 2. The molecule has 0 aromatic heterocycles. The Morgan fingerprint density at radius 1 is 1.10 bits per heavy atom. The highest BCUT2D eigenvalue weighted by Crippen LogP contribution is 2.44. The minimum atomic E-state index is -0.156. The summed E-state index contributed by atoms with van der Waals surface area (Å²) >= 11 is 0. The molecule has 0 saturated heterocycles. The monoisotopic (exact) mass is 278 g/mol. The second kappa shape index (κ2) is 6.98. The van der Waals surface area contributed by atoms with Gasteiger partial charge in [-0.25, -0.2) is 0 Å². The summed E-state index contributed by atoms with van der Waals surface area (Å²) in [6.45, 7) is 7.71. The average Bonchev–Trinajstić information content (AvgIpc) is 2.48. The van der Waals surface area contributed by atoms with Crippen LogP contribution in [0.25, 0.3) is 0 Å². The van der Waals surface area contributed by atoms with E-state index in [1.165, 1.54) is 5.56 Å². The molecule has 3 atom stereocenters. The van der Waals surface area contributed by atoms with Crippen molar-refractivity contribution >= 4 is 0 Å². The van der Waals surface area contributed by atoms with Gasteiger partial charge in [-0.05, 0) is 48.8 Å². The molecule has 1 aliphatic carbocycles. The van der Waals surface area contributed by atoms with E-state index in [2.05, 4.69) is 32.9 Å². The third-order valence-electron chi connectivity index (χ3n) is 4.06. The SMILES string of the molecule is CCCOc1ccc(C2CC(O)C2C)cc1OCCC. The maximum absolute atomic E-state index is 9.67. The second-order valence-electron chi connectivity index (χ2n) is 5.67. The summed E-state index contributed by atoms with van der Waals surface area (Å²) in [5.74, 6) is 2.44. The number of rotatable bonds is 7. The van der Waals surface area contributed by atoms with Gasteiger partial charge in [-0.1, -0.05) is 26.8 Å². The van der Waals surface area contributed by atoms with Crippen LogP contribution in [0.15, 0.2) is 18.2 Å². The fourth-order valence-electron chi connectivity index (χ4n) is 2.61. The number of benzene rings is 1. The maximum Gasteiger partial charge on any atom is 0.161 e. The Labute approximate surface area is 121 Å². The first-order chi connectivity index (χ1) is 9.67. The number of aliphatic hydroxyl groups excluding tert-OH is 1. The average molecular weight is 278 g/mol. The van der Waals surface area contributed by atoms with Gasteiger partial charge >= 0.3 is 0 Å². The first kappa shape index (κ1) is 15.2. The molecule has 1 aromatic carbocycles. The summed E-state index contributed by atoms with van der Waals surface area (Å²) in [5.41, 5.74) is 1.25. The lowest BCUT2D eigenvalue weighted by Crippen LogP contribution is -2.37. The van der Waals surface area contributed by atoms with Crippen LogP contribution in [-0.4, -0.2) is 24.4 Å². The molecule has 0 bridgehead atoms.